The van der Waals surface area contributed by atoms with E-state index in [0.717, 1.165) is 12.8 Å². The number of aromatic carboxylic acids is 1. The van der Waals surface area contributed by atoms with Gasteiger partial charge in [0.1, 0.15) is 0 Å². The molecule has 6 nitrogen and oxygen atoms in total. The monoisotopic (exact) mass is 277 g/mol. The maximum absolute atomic E-state index is 11.7. The molecule has 1 amide bonds. The Bertz CT molecular complexity index is 519. The molecule has 1 aliphatic rings. The van der Waals surface area contributed by atoms with Crippen LogP contribution in [0.5, 0.6) is 0 Å². The minimum absolute atomic E-state index is 0.0173. The molecule has 0 unspecified atom stereocenters. The summed E-state index contributed by atoms with van der Waals surface area (Å²) in [6, 6.07) is 0. The molecule has 0 aliphatic heterocycles. The highest BCUT2D eigenvalue weighted by molar-refractivity contribution is 5.84. The molecule has 0 radical (unpaired) electrons. The summed E-state index contributed by atoms with van der Waals surface area (Å²) in [4.78, 5) is 26.2. The van der Waals surface area contributed by atoms with Crippen LogP contribution in [0, 0.1) is 0 Å². The summed E-state index contributed by atoms with van der Waals surface area (Å²) in [5, 5.41) is 11.6. The molecule has 2 N–H and O–H groups in total. The zero-order chi connectivity index (χ0) is 14.4. The zero-order valence-corrected chi connectivity index (χ0v) is 11.3. The molecule has 0 bridgehead atoms. The van der Waals surface area contributed by atoms with Crippen molar-refractivity contribution in [2.24, 2.45) is 0 Å². The van der Waals surface area contributed by atoms with Gasteiger partial charge in [-0.05, 0) is 25.7 Å². The first-order chi connectivity index (χ1) is 9.65. The number of carbonyl (C=O) groups is 2. The van der Waals surface area contributed by atoms with E-state index in [2.05, 4.69) is 16.4 Å². The zero-order valence-electron chi connectivity index (χ0n) is 11.3. The summed E-state index contributed by atoms with van der Waals surface area (Å²) in [7, 11) is 0. The number of rotatable bonds is 6. The minimum atomic E-state index is -1.04. The van der Waals surface area contributed by atoms with Gasteiger partial charge in [0, 0.05) is 25.7 Å². The van der Waals surface area contributed by atoms with Gasteiger partial charge >= 0.3 is 5.97 Å². The van der Waals surface area contributed by atoms with Crippen molar-refractivity contribution in [3.8, 4) is 0 Å². The Morgan fingerprint density at radius 3 is 2.90 bits per heavy atom. The molecule has 0 saturated carbocycles. The molecular weight excluding hydrogens is 258 g/mol. The molecule has 20 heavy (non-hydrogen) atoms. The van der Waals surface area contributed by atoms with Crippen LogP contribution < -0.4 is 5.32 Å². The van der Waals surface area contributed by atoms with Gasteiger partial charge in [0.15, 0.2) is 5.69 Å². The summed E-state index contributed by atoms with van der Waals surface area (Å²) >= 11 is 0. The second-order valence-electron chi connectivity index (χ2n) is 4.94. The Kier molecular flexibility index (Phi) is 4.92. The third-order valence-corrected chi connectivity index (χ3v) is 3.32. The van der Waals surface area contributed by atoms with E-state index in [4.69, 9.17) is 5.11 Å². The molecule has 1 aliphatic carbocycles. The first-order valence-corrected chi connectivity index (χ1v) is 6.85. The van der Waals surface area contributed by atoms with Crippen LogP contribution in [0.4, 0.5) is 0 Å². The normalized spacial score (nSPS) is 14.7. The van der Waals surface area contributed by atoms with Crippen molar-refractivity contribution in [3.05, 3.63) is 29.9 Å². The molecule has 0 spiro atoms. The molecule has 0 aromatic carbocycles. The van der Waals surface area contributed by atoms with Crippen molar-refractivity contribution in [1.29, 1.82) is 0 Å². The third kappa shape index (κ3) is 4.22. The second kappa shape index (κ2) is 6.88. The number of hydrogen-bond acceptors (Lipinski definition) is 3. The average molecular weight is 277 g/mol. The number of hydrogen-bond donors (Lipinski definition) is 2. The van der Waals surface area contributed by atoms with Crippen molar-refractivity contribution >= 4 is 11.9 Å². The van der Waals surface area contributed by atoms with Gasteiger partial charge in [0.05, 0.1) is 6.33 Å². The van der Waals surface area contributed by atoms with Crippen molar-refractivity contribution < 1.29 is 14.7 Å². The van der Waals surface area contributed by atoms with E-state index in [0.29, 0.717) is 19.5 Å². The number of carboxylic acid groups (broad SMARTS) is 1. The summed E-state index contributed by atoms with van der Waals surface area (Å²) in [6.07, 6.45) is 10.1. The van der Waals surface area contributed by atoms with E-state index in [1.54, 1.807) is 4.57 Å². The van der Waals surface area contributed by atoms with Crippen molar-refractivity contribution in [1.82, 2.24) is 14.9 Å². The highest BCUT2D eigenvalue weighted by atomic mass is 16.4. The van der Waals surface area contributed by atoms with Crippen LogP contribution in [-0.2, 0) is 11.3 Å². The lowest BCUT2D eigenvalue weighted by Gasteiger charge is -2.12. The second-order valence-corrected chi connectivity index (χ2v) is 4.94. The number of allylic oxidation sites excluding steroid dienone is 1. The fraction of sp³-hybridized carbons (Fsp3) is 0.500. The Labute approximate surface area is 117 Å². The number of nitrogens with one attached hydrogen (secondary N) is 1. The third-order valence-electron chi connectivity index (χ3n) is 3.32. The van der Waals surface area contributed by atoms with Crippen LogP contribution in [0.3, 0.4) is 0 Å². The van der Waals surface area contributed by atoms with Crippen molar-refractivity contribution in [3.63, 3.8) is 0 Å². The molecule has 2 rings (SSSR count). The quantitative estimate of drug-likeness (QED) is 0.773. The van der Waals surface area contributed by atoms with Crippen molar-refractivity contribution in [2.75, 3.05) is 6.54 Å². The lowest BCUT2D eigenvalue weighted by atomic mass is 9.97. The predicted molar refractivity (Wildman–Crippen MR) is 73.4 cm³/mol. The molecule has 1 heterocycles. The Hall–Kier alpha value is -2.11. The molecular formula is C14H19N3O3. The molecule has 0 fully saturated rings. The Morgan fingerprint density at radius 2 is 2.25 bits per heavy atom. The van der Waals surface area contributed by atoms with E-state index < -0.39 is 5.97 Å². The average Bonchev–Trinajstić information content (AvgIpc) is 2.89. The number of imidazole rings is 1. The van der Waals surface area contributed by atoms with Crippen LogP contribution in [0.1, 0.15) is 42.6 Å². The SMILES string of the molecule is O=C(CC1=CCCCC1)NCCn1cnc(C(=O)O)c1. The summed E-state index contributed by atoms with van der Waals surface area (Å²) < 4.78 is 1.66. The first-order valence-electron chi connectivity index (χ1n) is 6.85. The van der Waals surface area contributed by atoms with E-state index in [9.17, 15) is 9.59 Å². The number of carboxylic acids is 1. The van der Waals surface area contributed by atoms with Crippen LogP contribution >= 0.6 is 0 Å². The van der Waals surface area contributed by atoms with Gasteiger partial charge in [-0.25, -0.2) is 9.78 Å². The molecule has 0 saturated heterocycles. The maximum Gasteiger partial charge on any atom is 0.356 e. The van der Waals surface area contributed by atoms with Crippen LogP contribution in [-0.4, -0.2) is 33.1 Å². The number of amides is 1. The molecule has 6 heteroatoms. The van der Waals surface area contributed by atoms with Gasteiger partial charge in [-0.15, -0.1) is 0 Å². The Balaban J connectivity index is 1.70. The van der Waals surface area contributed by atoms with Crippen LogP contribution in [0.2, 0.25) is 0 Å². The van der Waals surface area contributed by atoms with Crippen molar-refractivity contribution in [2.45, 2.75) is 38.6 Å². The largest absolute Gasteiger partial charge is 0.476 e. The number of carbonyl (C=O) groups excluding carboxylic acids is 1. The number of nitrogens with zero attached hydrogens (tertiary/aromatic N) is 2. The van der Waals surface area contributed by atoms with Crippen LogP contribution in [0.15, 0.2) is 24.2 Å². The van der Waals surface area contributed by atoms with E-state index in [-0.39, 0.29) is 11.6 Å². The lowest BCUT2D eigenvalue weighted by Crippen LogP contribution is -2.27. The van der Waals surface area contributed by atoms with Gasteiger partial charge in [0.25, 0.3) is 0 Å². The molecule has 1 aromatic rings. The van der Waals surface area contributed by atoms with Gasteiger partial charge < -0.3 is 15.0 Å². The van der Waals surface area contributed by atoms with Gasteiger partial charge in [-0.3, -0.25) is 4.79 Å². The van der Waals surface area contributed by atoms with Gasteiger partial charge in [0.2, 0.25) is 5.91 Å². The molecule has 1 aromatic heterocycles. The van der Waals surface area contributed by atoms with Gasteiger partial charge in [-0.1, -0.05) is 11.6 Å². The highest BCUT2D eigenvalue weighted by Crippen LogP contribution is 2.19. The topological polar surface area (TPSA) is 84.2 Å². The van der Waals surface area contributed by atoms with E-state index in [1.165, 1.54) is 30.9 Å². The lowest BCUT2D eigenvalue weighted by molar-refractivity contribution is -0.120. The fourth-order valence-corrected chi connectivity index (χ4v) is 2.25. The summed E-state index contributed by atoms with van der Waals surface area (Å²) in [5.41, 5.74) is 1.24. The summed E-state index contributed by atoms with van der Waals surface area (Å²) in [5.74, 6) is -1.02. The highest BCUT2D eigenvalue weighted by Gasteiger charge is 2.09. The van der Waals surface area contributed by atoms with Crippen LogP contribution in [0.25, 0.3) is 0 Å². The molecule has 108 valence electrons. The number of aromatic nitrogens is 2. The minimum Gasteiger partial charge on any atom is -0.476 e. The van der Waals surface area contributed by atoms with E-state index >= 15 is 0 Å². The summed E-state index contributed by atoms with van der Waals surface area (Å²) in [6.45, 7) is 0.993. The van der Waals surface area contributed by atoms with Gasteiger partial charge in [-0.2, -0.15) is 0 Å². The predicted octanol–water partition coefficient (Wildman–Crippen LogP) is 1.59. The molecule has 0 atom stereocenters. The fourth-order valence-electron chi connectivity index (χ4n) is 2.25. The Morgan fingerprint density at radius 1 is 1.40 bits per heavy atom. The smallest absolute Gasteiger partial charge is 0.356 e. The first kappa shape index (κ1) is 14.3. The standard InChI is InChI=1S/C14H19N3O3/c18-13(8-11-4-2-1-3-5-11)15-6-7-17-9-12(14(19)20)16-10-17/h4,9-10H,1-3,5-8H2,(H,15,18)(H,19,20). The van der Waals surface area contributed by atoms with E-state index in [1.807, 2.05) is 0 Å². The maximum atomic E-state index is 11.7.